The van der Waals surface area contributed by atoms with Crippen LogP contribution in [0, 0.1) is 11.7 Å². The largest absolute Gasteiger partial charge is 0.481 e. The number of benzene rings is 2. The lowest BCUT2D eigenvalue weighted by Gasteiger charge is -2.45. The van der Waals surface area contributed by atoms with Gasteiger partial charge < -0.3 is 14.7 Å². The number of ether oxygens (including phenoxy) is 1. The molecule has 158 valence electrons. The van der Waals surface area contributed by atoms with E-state index >= 15 is 0 Å². The first kappa shape index (κ1) is 21.1. The van der Waals surface area contributed by atoms with Crippen molar-refractivity contribution in [1.82, 2.24) is 4.90 Å². The van der Waals surface area contributed by atoms with Crippen LogP contribution in [-0.2, 0) is 14.3 Å². The molecule has 1 aliphatic carbocycles. The number of amides is 1. The summed E-state index contributed by atoms with van der Waals surface area (Å²) in [4.78, 5) is 26.2. The number of nitrogens with zero attached hydrogens (tertiary/aromatic N) is 1. The highest BCUT2D eigenvalue weighted by Crippen LogP contribution is 2.45. The molecule has 1 amide bonds. The highest BCUT2D eigenvalue weighted by molar-refractivity contribution is 6.30. The molecule has 5 nitrogen and oxygen atoms in total. The van der Waals surface area contributed by atoms with Gasteiger partial charge in [0.25, 0.3) is 5.91 Å². The molecule has 1 heterocycles. The molecule has 1 saturated heterocycles. The lowest BCUT2D eigenvalue weighted by molar-refractivity contribution is -0.179. The maximum atomic E-state index is 14.8. The van der Waals surface area contributed by atoms with Crippen LogP contribution in [-0.4, -0.2) is 34.5 Å². The molecule has 2 fully saturated rings. The van der Waals surface area contributed by atoms with E-state index in [4.69, 9.17) is 27.9 Å². The van der Waals surface area contributed by atoms with E-state index in [1.807, 2.05) is 0 Å². The molecule has 0 spiro atoms. The zero-order valence-corrected chi connectivity index (χ0v) is 17.4. The highest BCUT2D eigenvalue weighted by atomic mass is 35.5. The van der Waals surface area contributed by atoms with Crippen LogP contribution >= 0.6 is 23.2 Å². The van der Waals surface area contributed by atoms with E-state index in [1.165, 1.54) is 18.2 Å². The Morgan fingerprint density at radius 1 is 1.13 bits per heavy atom. The van der Waals surface area contributed by atoms with Gasteiger partial charge in [0.2, 0.25) is 0 Å². The van der Waals surface area contributed by atoms with Gasteiger partial charge in [-0.05, 0) is 54.7 Å². The van der Waals surface area contributed by atoms with Crippen LogP contribution in [0.25, 0.3) is 0 Å². The van der Waals surface area contributed by atoms with Crippen molar-refractivity contribution in [2.75, 3.05) is 6.54 Å². The zero-order chi connectivity index (χ0) is 21.4. The molecule has 4 rings (SSSR count). The quantitative estimate of drug-likeness (QED) is 0.668. The van der Waals surface area contributed by atoms with Gasteiger partial charge in [-0.15, -0.1) is 0 Å². The molecule has 0 bridgehead atoms. The lowest BCUT2D eigenvalue weighted by Crippen LogP contribution is -2.52. The number of hydrogen-bond donors (Lipinski definition) is 1. The fourth-order valence-electron chi connectivity index (χ4n) is 3.86. The fourth-order valence-corrected chi connectivity index (χ4v) is 4.17. The van der Waals surface area contributed by atoms with Gasteiger partial charge in [0.1, 0.15) is 18.0 Å². The number of carboxylic acid groups (broad SMARTS) is 1. The Morgan fingerprint density at radius 3 is 2.43 bits per heavy atom. The molecule has 30 heavy (non-hydrogen) atoms. The van der Waals surface area contributed by atoms with E-state index < -0.39 is 42.4 Å². The Balaban J connectivity index is 1.82. The summed E-state index contributed by atoms with van der Waals surface area (Å²) in [5.41, 5.74) is 0.915. The Morgan fingerprint density at radius 2 is 1.80 bits per heavy atom. The Hall–Kier alpha value is -2.15. The van der Waals surface area contributed by atoms with Crippen LogP contribution in [0.5, 0.6) is 0 Å². The standard InChI is InChI=1S/C22H20Cl2FNO4/c23-14-5-3-13(4-6-14)20-21(16-9-15(24)7-8-17(16)25)30-18(10-19(27)28)22(29)26(20)11-12-1-2-12/h3-9,12,18,20-21H,1-2,10-11H2,(H,27,28)/t18-,20+,21+/m0/s1. The third-order valence-corrected chi connectivity index (χ3v) is 5.97. The zero-order valence-electron chi connectivity index (χ0n) is 15.9. The van der Waals surface area contributed by atoms with Crippen molar-refractivity contribution in [3.8, 4) is 0 Å². The predicted molar refractivity (Wildman–Crippen MR) is 110 cm³/mol. The molecule has 8 heteroatoms. The van der Waals surface area contributed by atoms with Crippen LogP contribution in [0.2, 0.25) is 10.0 Å². The van der Waals surface area contributed by atoms with Gasteiger partial charge in [0.05, 0.1) is 12.5 Å². The third kappa shape index (κ3) is 4.46. The Kier molecular flexibility index (Phi) is 6.00. The normalized spacial score (nSPS) is 24.2. The van der Waals surface area contributed by atoms with Crippen molar-refractivity contribution in [2.45, 2.75) is 37.5 Å². The number of carbonyl (C=O) groups excluding carboxylic acids is 1. The number of morpholine rings is 1. The number of rotatable bonds is 6. The third-order valence-electron chi connectivity index (χ3n) is 5.48. The van der Waals surface area contributed by atoms with Gasteiger partial charge in [0, 0.05) is 22.2 Å². The summed E-state index contributed by atoms with van der Waals surface area (Å²) in [6, 6.07) is 10.5. The Bertz CT molecular complexity index is 964. The summed E-state index contributed by atoms with van der Waals surface area (Å²) in [5.74, 6) is -1.74. The van der Waals surface area contributed by atoms with Gasteiger partial charge in [-0.25, -0.2) is 4.39 Å². The molecular weight excluding hydrogens is 432 g/mol. The molecule has 1 saturated carbocycles. The summed E-state index contributed by atoms with van der Waals surface area (Å²) < 4.78 is 20.8. The average molecular weight is 452 g/mol. The van der Waals surface area contributed by atoms with E-state index in [0.29, 0.717) is 22.5 Å². The summed E-state index contributed by atoms with van der Waals surface area (Å²) in [6.45, 7) is 0.463. The number of hydrogen-bond acceptors (Lipinski definition) is 3. The first-order valence-corrected chi connectivity index (χ1v) is 10.5. The number of carbonyl (C=O) groups is 2. The van der Waals surface area contributed by atoms with Crippen molar-refractivity contribution in [3.05, 3.63) is 69.5 Å². The molecule has 1 N–H and O–H groups in total. The Labute approximate surface area is 183 Å². The maximum Gasteiger partial charge on any atom is 0.306 e. The van der Waals surface area contributed by atoms with Gasteiger partial charge in [0.15, 0.2) is 0 Å². The van der Waals surface area contributed by atoms with Crippen molar-refractivity contribution in [3.63, 3.8) is 0 Å². The second-order valence-electron chi connectivity index (χ2n) is 7.74. The molecule has 3 atom stereocenters. The minimum absolute atomic E-state index is 0.186. The van der Waals surface area contributed by atoms with Crippen LogP contribution in [0.15, 0.2) is 42.5 Å². The lowest BCUT2D eigenvalue weighted by atomic mass is 9.90. The van der Waals surface area contributed by atoms with Crippen molar-refractivity contribution < 1.29 is 23.8 Å². The minimum atomic E-state index is -1.20. The van der Waals surface area contributed by atoms with Crippen LogP contribution in [0.3, 0.4) is 0 Å². The van der Waals surface area contributed by atoms with Crippen molar-refractivity contribution in [1.29, 1.82) is 0 Å². The average Bonchev–Trinajstić information content (AvgIpc) is 3.51. The van der Waals surface area contributed by atoms with E-state index in [9.17, 15) is 19.1 Å². The van der Waals surface area contributed by atoms with Crippen molar-refractivity contribution in [2.24, 2.45) is 5.92 Å². The molecular formula is C22H20Cl2FNO4. The first-order valence-electron chi connectivity index (χ1n) is 9.71. The number of carboxylic acids is 1. The van der Waals surface area contributed by atoms with E-state index in [1.54, 1.807) is 29.2 Å². The van der Waals surface area contributed by atoms with Crippen LogP contribution < -0.4 is 0 Å². The van der Waals surface area contributed by atoms with Crippen LogP contribution in [0.1, 0.15) is 42.5 Å². The van der Waals surface area contributed by atoms with Gasteiger partial charge >= 0.3 is 5.97 Å². The fraction of sp³-hybridized carbons (Fsp3) is 0.364. The molecule has 0 radical (unpaired) electrons. The molecule has 0 unspecified atom stereocenters. The monoisotopic (exact) mass is 451 g/mol. The second-order valence-corrected chi connectivity index (χ2v) is 8.61. The van der Waals surface area contributed by atoms with Gasteiger partial charge in [-0.3, -0.25) is 9.59 Å². The first-order chi connectivity index (χ1) is 14.3. The van der Waals surface area contributed by atoms with E-state index in [0.717, 1.165) is 18.4 Å². The summed E-state index contributed by atoms with van der Waals surface area (Å²) in [5, 5.41) is 10.1. The predicted octanol–water partition coefficient (Wildman–Crippen LogP) is 5.03. The summed E-state index contributed by atoms with van der Waals surface area (Å²) in [7, 11) is 0. The highest BCUT2D eigenvalue weighted by Gasteiger charge is 2.46. The summed E-state index contributed by atoms with van der Waals surface area (Å²) >= 11 is 12.2. The smallest absolute Gasteiger partial charge is 0.306 e. The van der Waals surface area contributed by atoms with Gasteiger partial charge in [-0.1, -0.05) is 35.3 Å². The molecule has 2 aliphatic rings. The van der Waals surface area contributed by atoms with E-state index in [2.05, 4.69) is 0 Å². The number of halogens is 3. The molecule has 2 aromatic carbocycles. The maximum absolute atomic E-state index is 14.8. The summed E-state index contributed by atoms with van der Waals surface area (Å²) in [6.07, 6.45) is -0.611. The molecule has 1 aliphatic heterocycles. The molecule has 0 aromatic heterocycles. The number of aliphatic carboxylic acids is 1. The molecule has 2 aromatic rings. The minimum Gasteiger partial charge on any atom is -0.481 e. The van der Waals surface area contributed by atoms with Crippen molar-refractivity contribution >= 4 is 35.1 Å². The topological polar surface area (TPSA) is 66.8 Å². The van der Waals surface area contributed by atoms with E-state index in [-0.39, 0.29) is 5.56 Å². The SMILES string of the molecule is O=C(O)C[C@@H]1O[C@H](c2cc(Cl)ccc2F)[C@@H](c2ccc(Cl)cc2)N(CC2CC2)C1=O. The van der Waals surface area contributed by atoms with Gasteiger partial charge in [-0.2, -0.15) is 0 Å². The second kappa shape index (κ2) is 8.53. The van der Waals surface area contributed by atoms with Crippen LogP contribution in [0.4, 0.5) is 4.39 Å².